The fourth-order valence-corrected chi connectivity index (χ4v) is 5.23. The molecule has 0 heterocycles. The highest BCUT2D eigenvalue weighted by atomic mass is 16.5. The van der Waals surface area contributed by atoms with E-state index in [1.54, 1.807) is 0 Å². The lowest BCUT2D eigenvalue weighted by Gasteiger charge is -2.34. The van der Waals surface area contributed by atoms with Crippen LogP contribution in [0.1, 0.15) is 49.1 Å². The standard InChI is InChI=1S/C27H33N3O5/c1-30(2)18-9-7-8-17(14-18)28-26(33)24(15-25(31)32)29-27(34)35-16-23-21-12-5-3-10-19(21)20-11-4-6-13-22(20)23/h3-6,10-13,17-18,23-24H,7-9,14-16H2,1-2H3,(H,28,33)(H,29,34)(H,31,32). The Labute approximate surface area is 205 Å². The van der Waals surface area contributed by atoms with Crippen LogP contribution in [-0.4, -0.2) is 66.8 Å². The minimum Gasteiger partial charge on any atom is -0.481 e. The number of nitrogens with zero attached hydrogens (tertiary/aromatic N) is 1. The summed E-state index contributed by atoms with van der Waals surface area (Å²) < 4.78 is 5.51. The number of carboxylic acid groups (broad SMARTS) is 1. The van der Waals surface area contributed by atoms with Crippen molar-refractivity contribution in [3.05, 3.63) is 59.7 Å². The van der Waals surface area contributed by atoms with Crippen LogP contribution in [0.5, 0.6) is 0 Å². The Hall–Kier alpha value is -3.39. The molecule has 186 valence electrons. The molecular formula is C27H33N3O5. The first-order valence-corrected chi connectivity index (χ1v) is 12.1. The number of rotatable bonds is 8. The third-order valence-electron chi connectivity index (χ3n) is 7.05. The summed E-state index contributed by atoms with van der Waals surface area (Å²) in [5.41, 5.74) is 4.38. The summed E-state index contributed by atoms with van der Waals surface area (Å²) in [5.74, 6) is -1.78. The third kappa shape index (κ3) is 5.82. The molecule has 1 saturated carbocycles. The normalized spacial score (nSPS) is 20.0. The van der Waals surface area contributed by atoms with Crippen molar-refractivity contribution >= 4 is 18.0 Å². The van der Waals surface area contributed by atoms with E-state index < -0.39 is 30.4 Å². The fourth-order valence-electron chi connectivity index (χ4n) is 5.23. The number of ether oxygens (including phenoxy) is 1. The molecule has 2 amide bonds. The molecule has 0 saturated heterocycles. The van der Waals surface area contributed by atoms with Crippen molar-refractivity contribution in [2.75, 3.05) is 20.7 Å². The Morgan fingerprint density at radius 1 is 1.03 bits per heavy atom. The average molecular weight is 480 g/mol. The number of fused-ring (bicyclic) bond motifs is 3. The molecule has 0 radical (unpaired) electrons. The molecule has 0 spiro atoms. The van der Waals surface area contributed by atoms with Gasteiger partial charge >= 0.3 is 12.1 Å². The van der Waals surface area contributed by atoms with Crippen LogP contribution >= 0.6 is 0 Å². The number of carbonyl (C=O) groups excluding carboxylic acids is 2. The number of amides is 2. The zero-order chi connectivity index (χ0) is 24.9. The first-order chi connectivity index (χ1) is 16.8. The van der Waals surface area contributed by atoms with Crippen molar-refractivity contribution in [2.45, 2.75) is 56.1 Å². The molecule has 2 aromatic carbocycles. The largest absolute Gasteiger partial charge is 0.481 e. The van der Waals surface area contributed by atoms with Crippen molar-refractivity contribution < 1.29 is 24.2 Å². The van der Waals surface area contributed by atoms with Gasteiger partial charge in [-0.1, -0.05) is 48.5 Å². The van der Waals surface area contributed by atoms with Gasteiger partial charge in [0.25, 0.3) is 0 Å². The average Bonchev–Trinajstić information content (AvgIpc) is 3.16. The van der Waals surface area contributed by atoms with Gasteiger partial charge in [0.05, 0.1) is 6.42 Å². The molecular weight excluding hydrogens is 446 g/mol. The molecule has 4 rings (SSSR count). The SMILES string of the molecule is CN(C)C1CCCC(NC(=O)C(CC(=O)O)NC(=O)OCC2c3ccccc3-c3ccccc32)C1. The maximum absolute atomic E-state index is 12.9. The second-order valence-electron chi connectivity index (χ2n) is 9.61. The van der Waals surface area contributed by atoms with Crippen LogP contribution in [0.3, 0.4) is 0 Å². The lowest BCUT2D eigenvalue weighted by molar-refractivity contribution is -0.140. The smallest absolute Gasteiger partial charge is 0.407 e. The van der Waals surface area contributed by atoms with E-state index in [4.69, 9.17) is 4.74 Å². The fraction of sp³-hybridized carbons (Fsp3) is 0.444. The summed E-state index contributed by atoms with van der Waals surface area (Å²) in [6, 6.07) is 15.1. The van der Waals surface area contributed by atoms with Crippen LogP contribution in [0.25, 0.3) is 11.1 Å². The highest BCUT2D eigenvalue weighted by Crippen LogP contribution is 2.44. The Morgan fingerprint density at radius 3 is 2.26 bits per heavy atom. The van der Waals surface area contributed by atoms with Gasteiger partial charge in [-0.25, -0.2) is 4.79 Å². The molecule has 2 aromatic rings. The van der Waals surface area contributed by atoms with Crippen molar-refractivity contribution in [3.63, 3.8) is 0 Å². The molecule has 0 aliphatic heterocycles. The predicted molar refractivity (Wildman–Crippen MR) is 132 cm³/mol. The van der Waals surface area contributed by atoms with Crippen LogP contribution in [-0.2, 0) is 14.3 Å². The number of carboxylic acids is 1. The Balaban J connectivity index is 1.38. The van der Waals surface area contributed by atoms with E-state index in [2.05, 4.69) is 15.5 Å². The first kappa shape index (κ1) is 24.7. The number of hydrogen-bond acceptors (Lipinski definition) is 5. The number of nitrogens with one attached hydrogen (secondary N) is 2. The van der Waals surface area contributed by atoms with E-state index >= 15 is 0 Å². The van der Waals surface area contributed by atoms with Gasteiger partial charge < -0.3 is 25.4 Å². The zero-order valence-electron chi connectivity index (χ0n) is 20.2. The second kappa shape index (κ2) is 10.9. The number of carbonyl (C=O) groups is 3. The molecule has 2 aliphatic carbocycles. The molecule has 0 bridgehead atoms. The molecule has 8 heteroatoms. The summed E-state index contributed by atoms with van der Waals surface area (Å²) in [6.07, 6.45) is 2.36. The van der Waals surface area contributed by atoms with Crippen molar-refractivity contribution in [3.8, 4) is 11.1 Å². The van der Waals surface area contributed by atoms with Crippen LogP contribution in [0.15, 0.2) is 48.5 Å². The predicted octanol–water partition coefficient (Wildman–Crippen LogP) is 3.36. The second-order valence-corrected chi connectivity index (χ2v) is 9.61. The molecule has 0 aromatic heterocycles. The van der Waals surface area contributed by atoms with Gasteiger partial charge in [0, 0.05) is 18.0 Å². The number of alkyl carbamates (subject to hydrolysis) is 1. The lowest BCUT2D eigenvalue weighted by Crippen LogP contribution is -2.52. The molecule has 8 nitrogen and oxygen atoms in total. The van der Waals surface area contributed by atoms with E-state index in [1.165, 1.54) is 0 Å². The number of aliphatic carboxylic acids is 1. The number of benzene rings is 2. The van der Waals surface area contributed by atoms with Crippen LogP contribution in [0, 0.1) is 0 Å². The van der Waals surface area contributed by atoms with Crippen LogP contribution in [0.2, 0.25) is 0 Å². The van der Waals surface area contributed by atoms with E-state index in [-0.39, 0.29) is 18.6 Å². The van der Waals surface area contributed by atoms with Crippen LogP contribution < -0.4 is 10.6 Å². The maximum atomic E-state index is 12.9. The van der Waals surface area contributed by atoms with Crippen molar-refractivity contribution in [2.24, 2.45) is 0 Å². The van der Waals surface area contributed by atoms with Gasteiger partial charge in [0.15, 0.2) is 0 Å². The van der Waals surface area contributed by atoms with Gasteiger partial charge in [-0.15, -0.1) is 0 Å². The zero-order valence-corrected chi connectivity index (χ0v) is 20.2. The minimum atomic E-state index is -1.21. The Morgan fingerprint density at radius 2 is 1.66 bits per heavy atom. The van der Waals surface area contributed by atoms with E-state index in [1.807, 2.05) is 62.6 Å². The summed E-state index contributed by atoms with van der Waals surface area (Å²) in [4.78, 5) is 39.1. The minimum absolute atomic E-state index is 0.0516. The summed E-state index contributed by atoms with van der Waals surface area (Å²) in [5, 5.41) is 14.7. The van der Waals surface area contributed by atoms with E-state index in [9.17, 15) is 19.5 Å². The Bertz CT molecular complexity index is 1040. The Kier molecular flexibility index (Phi) is 7.70. The van der Waals surface area contributed by atoms with Crippen LogP contribution in [0.4, 0.5) is 4.79 Å². The maximum Gasteiger partial charge on any atom is 0.407 e. The van der Waals surface area contributed by atoms with Gasteiger partial charge in [-0.2, -0.15) is 0 Å². The van der Waals surface area contributed by atoms with E-state index in [0.717, 1.165) is 47.9 Å². The highest BCUT2D eigenvalue weighted by molar-refractivity contribution is 5.89. The lowest BCUT2D eigenvalue weighted by atomic mass is 9.90. The van der Waals surface area contributed by atoms with E-state index in [0.29, 0.717) is 6.04 Å². The monoisotopic (exact) mass is 479 g/mol. The molecule has 2 aliphatic rings. The van der Waals surface area contributed by atoms with Gasteiger partial charge in [0.2, 0.25) is 5.91 Å². The summed E-state index contributed by atoms with van der Waals surface area (Å²) in [7, 11) is 4.03. The molecule has 3 unspecified atom stereocenters. The van der Waals surface area contributed by atoms with Crippen molar-refractivity contribution in [1.29, 1.82) is 0 Å². The van der Waals surface area contributed by atoms with Gasteiger partial charge in [-0.3, -0.25) is 9.59 Å². The molecule has 3 N–H and O–H groups in total. The highest BCUT2D eigenvalue weighted by Gasteiger charge is 2.31. The third-order valence-corrected chi connectivity index (χ3v) is 7.05. The first-order valence-electron chi connectivity index (χ1n) is 12.1. The molecule has 3 atom stereocenters. The summed E-state index contributed by atoms with van der Waals surface area (Å²) in [6.45, 7) is 0.0917. The van der Waals surface area contributed by atoms with Crippen molar-refractivity contribution in [1.82, 2.24) is 15.5 Å². The molecule has 1 fully saturated rings. The topological polar surface area (TPSA) is 108 Å². The number of hydrogen-bond donors (Lipinski definition) is 3. The molecule has 35 heavy (non-hydrogen) atoms. The van der Waals surface area contributed by atoms with Gasteiger partial charge in [-0.05, 0) is 62.0 Å². The quantitative estimate of drug-likeness (QED) is 0.536. The summed E-state index contributed by atoms with van der Waals surface area (Å²) >= 11 is 0. The van der Waals surface area contributed by atoms with Gasteiger partial charge in [0.1, 0.15) is 12.6 Å².